The second-order valence-corrected chi connectivity index (χ2v) is 7.86. The molecule has 1 atom stereocenters. The van der Waals surface area contributed by atoms with Crippen LogP contribution in [0.1, 0.15) is 24.4 Å². The summed E-state index contributed by atoms with van der Waals surface area (Å²) in [7, 11) is -3.74. The van der Waals surface area contributed by atoms with Crippen molar-refractivity contribution in [2.75, 3.05) is 13.2 Å². The van der Waals surface area contributed by atoms with E-state index in [1.807, 2.05) is 12.1 Å². The summed E-state index contributed by atoms with van der Waals surface area (Å²) >= 11 is 6.07. The predicted octanol–water partition coefficient (Wildman–Crippen LogP) is 3.18. The number of sulfonamides is 1. The van der Waals surface area contributed by atoms with Crippen LogP contribution in [0.5, 0.6) is 0 Å². The van der Waals surface area contributed by atoms with E-state index in [9.17, 15) is 8.42 Å². The van der Waals surface area contributed by atoms with Crippen molar-refractivity contribution in [3.8, 4) is 0 Å². The average molecular weight is 367 g/mol. The fourth-order valence-electron chi connectivity index (χ4n) is 2.94. The third kappa shape index (κ3) is 3.95. The topological polar surface area (TPSA) is 68.3 Å². The maximum atomic E-state index is 12.8. The van der Waals surface area contributed by atoms with Gasteiger partial charge in [-0.2, -0.15) is 0 Å². The predicted molar refractivity (Wildman–Crippen MR) is 92.3 cm³/mol. The minimum atomic E-state index is -3.74. The van der Waals surface area contributed by atoms with Gasteiger partial charge in [0, 0.05) is 25.6 Å². The number of nitrogens with one attached hydrogen (secondary N) is 1. The van der Waals surface area contributed by atoms with E-state index in [1.54, 1.807) is 30.6 Å². The summed E-state index contributed by atoms with van der Waals surface area (Å²) in [5.74, 6) is 0.153. The number of hydrogen-bond acceptors (Lipinski definition) is 4. The summed E-state index contributed by atoms with van der Waals surface area (Å²) in [6, 6.07) is 9.79. The van der Waals surface area contributed by atoms with Crippen molar-refractivity contribution in [1.82, 2.24) is 9.71 Å². The van der Waals surface area contributed by atoms with Gasteiger partial charge >= 0.3 is 0 Å². The first-order chi connectivity index (χ1) is 11.6. The van der Waals surface area contributed by atoms with Crippen molar-refractivity contribution in [2.45, 2.75) is 23.8 Å². The van der Waals surface area contributed by atoms with Crippen LogP contribution in [0, 0.1) is 5.92 Å². The monoisotopic (exact) mass is 366 g/mol. The molecule has 1 unspecified atom stereocenters. The van der Waals surface area contributed by atoms with Gasteiger partial charge in [0.1, 0.15) is 4.90 Å². The zero-order valence-electron chi connectivity index (χ0n) is 13.1. The molecule has 0 saturated carbocycles. The molecular formula is C17H19ClN2O3S. The lowest BCUT2D eigenvalue weighted by molar-refractivity contribution is 0.0564. The fourth-order valence-corrected chi connectivity index (χ4v) is 4.75. The van der Waals surface area contributed by atoms with E-state index >= 15 is 0 Å². The number of halogens is 1. The van der Waals surface area contributed by atoms with Gasteiger partial charge in [-0.05, 0) is 42.5 Å². The van der Waals surface area contributed by atoms with E-state index in [4.69, 9.17) is 16.3 Å². The smallest absolute Gasteiger partial charge is 0.242 e. The van der Waals surface area contributed by atoms with Crippen molar-refractivity contribution < 1.29 is 13.2 Å². The molecule has 1 fully saturated rings. The Balaban J connectivity index is 1.93. The van der Waals surface area contributed by atoms with Gasteiger partial charge in [-0.3, -0.25) is 4.98 Å². The zero-order chi connectivity index (χ0) is 17.0. The number of benzene rings is 1. The van der Waals surface area contributed by atoms with Crippen molar-refractivity contribution in [3.05, 3.63) is 59.4 Å². The Morgan fingerprint density at radius 2 is 1.92 bits per heavy atom. The van der Waals surface area contributed by atoms with Gasteiger partial charge in [-0.15, -0.1) is 0 Å². The fraction of sp³-hybridized carbons (Fsp3) is 0.353. The largest absolute Gasteiger partial charge is 0.381 e. The molecular weight excluding hydrogens is 348 g/mol. The molecule has 0 amide bonds. The van der Waals surface area contributed by atoms with Crippen LogP contribution in [-0.2, 0) is 14.8 Å². The molecule has 128 valence electrons. The van der Waals surface area contributed by atoms with E-state index in [2.05, 4.69) is 9.71 Å². The number of rotatable bonds is 5. The van der Waals surface area contributed by atoms with Crippen LogP contribution < -0.4 is 4.72 Å². The first kappa shape index (κ1) is 17.4. The van der Waals surface area contributed by atoms with E-state index in [-0.39, 0.29) is 21.9 Å². The molecule has 0 aliphatic carbocycles. The summed E-state index contributed by atoms with van der Waals surface area (Å²) in [6.45, 7) is 1.27. The summed E-state index contributed by atoms with van der Waals surface area (Å²) in [4.78, 5) is 4.22. The molecule has 0 spiro atoms. The molecule has 1 N–H and O–H groups in total. The molecule has 1 aromatic carbocycles. The van der Waals surface area contributed by atoms with Crippen LogP contribution in [0.25, 0.3) is 0 Å². The van der Waals surface area contributed by atoms with Crippen LogP contribution in [0.3, 0.4) is 0 Å². The molecule has 24 heavy (non-hydrogen) atoms. The molecule has 5 nitrogen and oxygen atoms in total. The van der Waals surface area contributed by atoms with Gasteiger partial charge in [0.2, 0.25) is 10.0 Å². The number of aromatic nitrogens is 1. The molecule has 1 saturated heterocycles. The van der Waals surface area contributed by atoms with E-state index in [1.165, 1.54) is 6.07 Å². The Morgan fingerprint density at radius 1 is 1.17 bits per heavy atom. The summed E-state index contributed by atoms with van der Waals surface area (Å²) < 4.78 is 33.9. The lowest BCUT2D eigenvalue weighted by Gasteiger charge is -2.31. The molecule has 3 rings (SSSR count). The third-order valence-corrected chi connectivity index (χ3v) is 6.13. The van der Waals surface area contributed by atoms with Gasteiger partial charge in [-0.1, -0.05) is 29.8 Å². The average Bonchev–Trinajstić information content (AvgIpc) is 2.61. The van der Waals surface area contributed by atoms with E-state index in [0.29, 0.717) is 13.2 Å². The molecule has 7 heteroatoms. The van der Waals surface area contributed by atoms with Crippen LogP contribution in [-0.4, -0.2) is 26.6 Å². The highest BCUT2D eigenvalue weighted by molar-refractivity contribution is 7.89. The molecule has 2 heterocycles. The Bertz CT molecular complexity index is 777. The van der Waals surface area contributed by atoms with Crippen LogP contribution in [0.15, 0.2) is 53.7 Å². The highest BCUT2D eigenvalue weighted by atomic mass is 35.5. The molecule has 0 bridgehead atoms. The van der Waals surface area contributed by atoms with Crippen molar-refractivity contribution >= 4 is 21.6 Å². The number of hydrogen-bond donors (Lipinski definition) is 1. The quantitative estimate of drug-likeness (QED) is 0.882. The van der Waals surface area contributed by atoms with Crippen molar-refractivity contribution in [1.29, 1.82) is 0 Å². The molecule has 0 radical (unpaired) electrons. The van der Waals surface area contributed by atoms with Gasteiger partial charge < -0.3 is 4.74 Å². The Kier molecular flexibility index (Phi) is 5.50. The minimum absolute atomic E-state index is 0.0904. The second kappa shape index (κ2) is 7.61. The van der Waals surface area contributed by atoms with E-state index < -0.39 is 10.0 Å². The lowest BCUT2D eigenvalue weighted by Crippen LogP contribution is -2.36. The van der Waals surface area contributed by atoms with Gasteiger partial charge in [0.05, 0.1) is 11.1 Å². The highest BCUT2D eigenvalue weighted by Crippen LogP contribution is 2.32. The number of pyridine rings is 1. The normalized spacial score (nSPS) is 17.5. The third-order valence-electron chi connectivity index (χ3n) is 4.19. The molecule has 1 aliphatic heterocycles. The second-order valence-electron chi connectivity index (χ2n) is 5.77. The van der Waals surface area contributed by atoms with Gasteiger partial charge in [0.15, 0.2) is 0 Å². The van der Waals surface area contributed by atoms with Gasteiger partial charge in [-0.25, -0.2) is 13.1 Å². The molecule has 1 aliphatic rings. The Morgan fingerprint density at radius 3 is 2.58 bits per heavy atom. The maximum Gasteiger partial charge on any atom is 0.242 e. The first-order valence-corrected chi connectivity index (χ1v) is 9.68. The Labute approximate surface area is 147 Å². The number of nitrogens with zero attached hydrogens (tertiary/aromatic N) is 1. The summed E-state index contributed by atoms with van der Waals surface area (Å²) in [5.41, 5.74) is 0.847. The SMILES string of the molecule is O=S(=O)(NC(c1cccnc1)C1CCOCC1)c1ccccc1Cl. The van der Waals surface area contributed by atoms with Crippen LogP contribution in [0.4, 0.5) is 0 Å². The first-order valence-electron chi connectivity index (χ1n) is 7.82. The van der Waals surface area contributed by atoms with Crippen LogP contribution >= 0.6 is 11.6 Å². The highest BCUT2D eigenvalue weighted by Gasteiger charge is 2.30. The van der Waals surface area contributed by atoms with Gasteiger partial charge in [0.25, 0.3) is 0 Å². The summed E-state index contributed by atoms with van der Waals surface area (Å²) in [5, 5.41) is 0.210. The standard InChI is InChI=1S/C17H19ClN2O3S/c18-15-5-1-2-6-16(15)24(21,22)20-17(13-7-10-23-11-8-13)14-4-3-9-19-12-14/h1-6,9,12-13,17,20H,7-8,10-11H2. The van der Waals surface area contributed by atoms with Crippen molar-refractivity contribution in [3.63, 3.8) is 0 Å². The number of ether oxygens (including phenoxy) is 1. The minimum Gasteiger partial charge on any atom is -0.381 e. The maximum absolute atomic E-state index is 12.8. The zero-order valence-corrected chi connectivity index (χ0v) is 14.6. The van der Waals surface area contributed by atoms with Crippen molar-refractivity contribution in [2.24, 2.45) is 5.92 Å². The molecule has 2 aromatic rings. The lowest BCUT2D eigenvalue weighted by atomic mass is 9.88. The molecule has 1 aromatic heterocycles. The van der Waals surface area contributed by atoms with E-state index in [0.717, 1.165) is 18.4 Å². The Hall–Kier alpha value is -1.47. The van der Waals surface area contributed by atoms with Crippen LogP contribution in [0.2, 0.25) is 5.02 Å². The summed E-state index contributed by atoms with van der Waals surface area (Å²) in [6.07, 6.45) is 4.97.